The van der Waals surface area contributed by atoms with E-state index in [2.05, 4.69) is 145 Å². The van der Waals surface area contributed by atoms with Crippen LogP contribution in [0.5, 0.6) is 0 Å². The fourth-order valence-corrected chi connectivity index (χ4v) is 7.12. The van der Waals surface area contributed by atoms with Crippen molar-refractivity contribution in [3.05, 3.63) is 108 Å². The molecule has 2 atom stereocenters. The number of alkyl halides is 1. The fourth-order valence-electron chi connectivity index (χ4n) is 6.34. The van der Waals surface area contributed by atoms with Crippen LogP contribution in [0.15, 0.2) is 97.1 Å². The van der Waals surface area contributed by atoms with Crippen molar-refractivity contribution in [3.63, 3.8) is 0 Å². The van der Waals surface area contributed by atoms with Crippen molar-refractivity contribution in [2.75, 3.05) is 5.33 Å². The molecule has 0 fully saturated rings. The Hall–Kier alpha value is -1.24. The van der Waals surface area contributed by atoms with Crippen molar-refractivity contribution < 1.29 is 56.9 Å². The zero-order chi connectivity index (χ0) is 30.4. The Balaban J connectivity index is 0.000000253. The molecule has 1 aliphatic rings. The number of hydrogen-bond donors (Lipinski definition) is 0. The summed E-state index contributed by atoms with van der Waals surface area (Å²) in [6, 6.07) is 35.0. The summed E-state index contributed by atoms with van der Waals surface area (Å²) >= 11 is 3.51. The van der Waals surface area contributed by atoms with E-state index in [0.717, 1.165) is 24.8 Å². The van der Waals surface area contributed by atoms with Gasteiger partial charge in [0.25, 0.3) is 0 Å². The number of nitrogens with zero attached hydrogens (tertiary/aromatic N) is 1. The zero-order valence-electron chi connectivity index (χ0n) is 28.4. The molecule has 1 aliphatic carbocycles. The second kappa shape index (κ2) is 21.6. The van der Waals surface area contributed by atoms with Crippen LogP contribution >= 0.6 is 15.9 Å². The summed E-state index contributed by atoms with van der Waals surface area (Å²) in [5.74, 6) is 1.70. The molecule has 1 heterocycles. The molecule has 1 aromatic heterocycles. The Morgan fingerprint density at radius 2 is 1.02 bits per heavy atom. The van der Waals surface area contributed by atoms with Crippen molar-refractivity contribution in [1.29, 1.82) is 0 Å². The quantitative estimate of drug-likeness (QED) is 0.0983. The molecule has 0 radical (unpaired) electrons. The average molecular weight is 695 g/mol. The maximum Gasteiger partial charge on any atom is 1.00 e. The molecule has 0 spiro atoms. The predicted molar refractivity (Wildman–Crippen MR) is 196 cm³/mol. The van der Waals surface area contributed by atoms with Gasteiger partial charge in [-0.05, 0) is 65.5 Å². The first-order valence-electron chi connectivity index (χ1n) is 16.8. The van der Waals surface area contributed by atoms with Gasteiger partial charge in [-0.3, -0.25) is 0 Å². The summed E-state index contributed by atoms with van der Waals surface area (Å²) in [6.07, 6.45) is 11.8. The molecule has 2 unspecified atom stereocenters. The van der Waals surface area contributed by atoms with E-state index in [1.165, 1.54) is 101 Å². The first-order valence-corrected chi connectivity index (χ1v) is 17.9. The smallest absolute Gasteiger partial charge is 0.870 e. The average Bonchev–Trinajstić information content (AvgIpc) is 3.60. The van der Waals surface area contributed by atoms with Gasteiger partial charge in [0.15, 0.2) is 0 Å². The number of rotatable bonds is 11. The monoisotopic (exact) mass is 693 g/mol. The molecule has 0 saturated heterocycles. The van der Waals surface area contributed by atoms with E-state index in [4.69, 9.17) is 0 Å². The molecular formula is C41H53BrKNO. The van der Waals surface area contributed by atoms with Crippen molar-refractivity contribution in [2.24, 2.45) is 11.8 Å². The van der Waals surface area contributed by atoms with Crippen LogP contribution in [0, 0.1) is 11.8 Å². The largest absolute Gasteiger partial charge is 1.00 e. The van der Waals surface area contributed by atoms with Crippen LogP contribution < -0.4 is 51.4 Å². The Bertz CT molecular complexity index is 1440. The van der Waals surface area contributed by atoms with Gasteiger partial charge < -0.3 is 10.0 Å². The van der Waals surface area contributed by atoms with Crippen LogP contribution in [0.1, 0.15) is 90.2 Å². The van der Waals surface area contributed by atoms with Gasteiger partial charge in [-0.2, -0.15) is 0 Å². The molecule has 236 valence electrons. The Kier molecular flexibility index (Phi) is 19.2. The minimum Gasteiger partial charge on any atom is -0.870 e. The molecule has 0 amide bonds. The van der Waals surface area contributed by atoms with E-state index in [-0.39, 0.29) is 56.9 Å². The van der Waals surface area contributed by atoms with Crippen molar-refractivity contribution in [2.45, 2.75) is 92.0 Å². The van der Waals surface area contributed by atoms with Gasteiger partial charge in [-0.25, -0.2) is 0 Å². The van der Waals surface area contributed by atoms with Crippen molar-refractivity contribution in [1.82, 2.24) is 4.57 Å². The zero-order valence-corrected chi connectivity index (χ0v) is 33.2. The Labute approximate surface area is 324 Å². The molecule has 4 aromatic carbocycles. The first-order chi connectivity index (χ1) is 21.1. The summed E-state index contributed by atoms with van der Waals surface area (Å²) in [5.41, 5.74) is 8.52. The van der Waals surface area contributed by atoms with Crippen LogP contribution in [0.2, 0.25) is 0 Å². The summed E-state index contributed by atoms with van der Waals surface area (Å²) in [7, 11) is 0. The normalized spacial score (nSPS) is 12.4. The molecular weight excluding hydrogens is 641 g/mol. The molecule has 6 rings (SSSR count). The maximum absolute atomic E-state index is 3.51. The molecule has 0 bridgehead atoms. The number of para-hydroxylation sites is 2. The van der Waals surface area contributed by atoms with Gasteiger partial charge in [0.2, 0.25) is 0 Å². The molecule has 4 heteroatoms. The Morgan fingerprint density at radius 3 is 1.47 bits per heavy atom. The van der Waals surface area contributed by atoms with Gasteiger partial charge >= 0.3 is 51.4 Å². The van der Waals surface area contributed by atoms with Crippen LogP contribution in [0.25, 0.3) is 32.9 Å². The molecule has 5 aromatic rings. The number of halogens is 1. The minimum absolute atomic E-state index is 0. The van der Waals surface area contributed by atoms with Gasteiger partial charge in [0.1, 0.15) is 0 Å². The third kappa shape index (κ3) is 10.9. The van der Waals surface area contributed by atoms with E-state index < -0.39 is 0 Å². The topological polar surface area (TPSA) is 34.9 Å². The van der Waals surface area contributed by atoms with E-state index in [9.17, 15) is 0 Å². The standard InChI is InChI=1S/C20H25N.C13H10.C8H17Br.K.H2O/c1-3-5-10-16(4-2)15-21-19-13-8-6-11-17(19)18-12-7-9-14-20(18)21;1-3-7-12-10(5-1)9-11-6-2-4-8-13(11)12;1-3-5-6-8(4-2)7-9;;/h6-9,11-14,16H,3-5,10,15H2,1-2H3;1-8H,9H2;8H,3-7H2,1-2H3;;1H2/q;;;+1;/p-1. The van der Waals surface area contributed by atoms with Gasteiger partial charge in [0, 0.05) is 33.7 Å². The second-order valence-electron chi connectivity index (χ2n) is 12.1. The third-order valence-corrected chi connectivity index (χ3v) is 10.0. The summed E-state index contributed by atoms with van der Waals surface area (Å²) in [5, 5.41) is 3.96. The summed E-state index contributed by atoms with van der Waals surface area (Å²) in [4.78, 5) is 0. The van der Waals surface area contributed by atoms with Crippen molar-refractivity contribution in [3.8, 4) is 11.1 Å². The molecule has 0 saturated carbocycles. The second-order valence-corrected chi connectivity index (χ2v) is 12.8. The van der Waals surface area contributed by atoms with E-state index in [1.54, 1.807) is 0 Å². The molecule has 45 heavy (non-hydrogen) atoms. The van der Waals surface area contributed by atoms with Crippen LogP contribution in [-0.2, 0) is 13.0 Å². The SMILES string of the molecule is CCCCC(CC)CBr.CCCCC(CC)Cn1c2ccccc2c2ccccc21.[K+].[OH-].c1ccc2c(c1)Cc1ccccc1-2. The first kappa shape index (κ1) is 39.9. The van der Waals surface area contributed by atoms with E-state index >= 15 is 0 Å². The van der Waals surface area contributed by atoms with Gasteiger partial charge in [-0.1, -0.05) is 167 Å². The van der Waals surface area contributed by atoms with Gasteiger partial charge in [-0.15, -0.1) is 0 Å². The summed E-state index contributed by atoms with van der Waals surface area (Å²) in [6.45, 7) is 10.3. The molecule has 1 N–H and O–H groups in total. The number of unbranched alkanes of at least 4 members (excludes halogenated alkanes) is 2. The number of aromatic nitrogens is 1. The fraction of sp³-hybridized carbons (Fsp3) is 0.415. The minimum atomic E-state index is 0. The van der Waals surface area contributed by atoms with E-state index in [1.807, 2.05) is 0 Å². The molecule has 2 nitrogen and oxygen atoms in total. The molecule has 0 aliphatic heterocycles. The Morgan fingerprint density at radius 1 is 0.600 bits per heavy atom. The van der Waals surface area contributed by atoms with Crippen molar-refractivity contribution >= 4 is 37.7 Å². The number of hydrogen-bond acceptors (Lipinski definition) is 1. The van der Waals surface area contributed by atoms with Crippen LogP contribution in [-0.4, -0.2) is 15.4 Å². The third-order valence-electron chi connectivity index (χ3n) is 9.13. The van der Waals surface area contributed by atoms with E-state index in [0.29, 0.717) is 0 Å². The predicted octanol–water partition coefficient (Wildman–Crippen LogP) is 9.69. The van der Waals surface area contributed by atoms with Gasteiger partial charge in [0.05, 0.1) is 0 Å². The van der Waals surface area contributed by atoms with Crippen LogP contribution in [0.3, 0.4) is 0 Å². The van der Waals surface area contributed by atoms with Crippen LogP contribution in [0.4, 0.5) is 0 Å². The summed E-state index contributed by atoms with van der Waals surface area (Å²) < 4.78 is 2.54. The number of fused-ring (bicyclic) bond motifs is 6. The number of benzene rings is 4. The maximum atomic E-state index is 3.51.